The molecule has 0 fully saturated rings. The van der Waals surface area contributed by atoms with Crippen molar-refractivity contribution in [2.45, 2.75) is 26.3 Å². The molecule has 0 saturated heterocycles. The maximum atomic E-state index is 12.4. The van der Waals surface area contributed by atoms with Gasteiger partial charge >= 0.3 is 0 Å². The number of benzene rings is 1. The van der Waals surface area contributed by atoms with Crippen molar-refractivity contribution in [3.63, 3.8) is 0 Å². The molecule has 1 aromatic carbocycles. The molecule has 29 heavy (non-hydrogen) atoms. The van der Waals surface area contributed by atoms with E-state index in [1.807, 2.05) is 19.1 Å². The van der Waals surface area contributed by atoms with Crippen LogP contribution in [0.25, 0.3) is 0 Å². The highest BCUT2D eigenvalue weighted by Crippen LogP contribution is 2.15. The number of carbonyl (C=O) groups excluding carboxylic acids is 3. The molecule has 9 nitrogen and oxygen atoms in total. The SMILES string of the molecule is Cc1ccc(NC(=O)CCNC(=O)C2=NC(C)C(=O)N(c3ccccc3)N2)nc1. The van der Waals surface area contributed by atoms with Gasteiger partial charge in [0.25, 0.3) is 11.8 Å². The maximum Gasteiger partial charge on any atom is 0.288 e. The van der Waals surface area contributed by atoms with Crippen LogP contribution in [0.5, 0.6) is 0 Å². The molecule has 3 rings (SSSR count). The molecule has 3 amide bonds. The van der Waals surface area contributed by atoms with Gasteiger partial charge in [-0.3, -0.25) is 19.8 Å². The number of amides is 3. The van der Waals surface area contributed by atoms with Gasteiger partial charge in [-0.25, -0.2) is 15.0 Å². The number of rotatable bonds is 6. The highest BCUT2D eigenvalue weighted by molar-refractivity contribution is 6.39. The zero-order chi connectivity index (χ0) is 20.8. The minimum Gasteiger partial charge on any atom is -0.349 e. The summed E-state index contributed by atoms with van der Waals surface area (Å²) in [5.74, 6) is -0.559. The van der Waals surface area contributed by atoms with E-state index in [9.17, 15) is 14.4 Å². The Morgan fingerprint density at radius 1 is 1.17 bits per heavy atom. The number of amidine groups is 1. The van der Waals surface area contributed by atoms with Crippen molar-refractivity contribution in [2.24, 2.45) is 4.99 Å². The van der Waals surface area contributed by atoms with Crippen LogP contribution in [0.2, 0.25) is 0 Å². The number of nitrogens with zero attached hydrogens (tertiary/aromatic N) is 3. The van der Waals surface area contributed by atoms with Crippen molar-refractivity contribution >= 4 is 35.1 Å². The average molecular weight is 394 g/mol. The van der Waals surface area contributed by atoms with E-state index in [-0.39, 0.29) is 30.6 Å². The second-order valence-corrected chi connectivity index (χ2v) is 6.55. The second-order valence-electron chi connectivity index (χ2n) is 6.55. The van der Waals surface area contributed by atoms with Crippen LogP contribution in [0.3, 0.4) is 0 Å². The third kappa shape index (κ3) is 5.16. The van der Waals surface area contributed by atoms with Crippen LogP contribution in [-0.4, -0.2) is 41.1 Å². The number of anilines is 2. The predicted octanol–water partition coefficient (Wildman–Crippen LogP) is 1.17. The first-order chi connectivity index (χ1) is 13.9. The number of hydrazine groups is 1. The lowest BCUT2D eigenvalue weighted by molar-refractivity contribution is -0.120. The van der Waals surface area contributed by atoms with Crippen LogP contribution in [0, 0.1) is 6.92 Å². The molecule has 1 aliphatic heterocycles. The summed E-state index contributed by atoms with van der Waals surface area (Å²) in [5.41, 5.74) is 4.34. The molecule has 0 spiro atoms. The van der Waals surface area contributed by atoms with Gasteiger partial charge in [0, 0.05) is 19.2 Å². The molecule has 1 atom stereocenters. The molecule has 0 aliphatic carbocycles. The van der Waals surface area contributed by atoms with Crippen LogP contribution >= 0.6 is 0 Å². The van der Waals surface area contributed by atoms with E-state index in [1.165, 1.54) is 5.01 Å². The topological polar surface area (TPSA) is 116 Å². The van der Waals surface area contributed by atoms with E-state index in [2.05, 4.69) is 26.0 Å². The fourth-order valence-corrected chi connectivity index (χ4v) is 2.62. The lowest BCUT2D eigenvalue weighted by Crippen LogP contribution is -2.58. The predicted molar refractivity (Wildman–Crippen MR) is 109 cm³/mol. The van der Waals surface area contributed by atoms with Gasteiger partial charge in [0.05, 0.1) is 5.69 Å². The van der Waals surface area contributed by atoms with E-state index in [0.717, 1.165) is 5.56 Å². The molecule has 1 aromatic heterocycles. The van der Waals surface area contributed by atoms with E-state index in [0.29, 0.717) is 11.5 Å². The number of carbonyl (C=O) groups is 3. The van der Waals surface area contributed by atoms with E-state index >= 15 is 0 Å². The van der Waals surface area contributed by atoms with Crippen LogP contribution in [0.4, 0.5) is 11.5 Å². The van der Waals surface area contributed by atoms with Crippen molar-refractivity contribution < 1.29 is 14.4 Å². The number of aromatic nitrogens is 1. The van der Waals surface area contributed by atoms with Gasteiger partial charge in [0.1, 0.15) is 11.9 Å². The highest BCUT2D eigenvalue weighted by Gasteiger charge is 2.30. The third-order valence-electron chi connectivity index (χ3n) is 4.16. The molecule has 0 saturated carbocycles. The number of nitrogens with one attached hydrogen (secondary N) is 3. The maximum absolute atomic E-state index is 12.4. The van der Waals surface area contributed by atoms with Crippen LogP contribution in [0.15, 0.2) is 53.7 Å². The lowest BCUT2D eigenvalue weighted by Gasteiger charge is -2.30. The zero-order valence-electron chi connectivity index (χ0n) is 16.2. The van der Waals surface area contributed by atoms with Crippen molar-refractivity contribution in [1.29, 1.82) is 0 Å². The number of pyridine rings is 1. The molecular weight excluding hydrogens is 372 g/mol. The largest absolute Gasteiger partial charge is 0.349 e. The average Bonchev–Trinajstić information content (AvgIpc) is 2.72. The van der Waals surface area contributed by atoms with Crippen molar-refractivity contribution in [3.05, 3.63) is 54.2 Å². The summed E-state index contributed by atoms with van der Waals surface area (Å²) in [6.07, 6.45) is 1.73. The zero-order valence-corrected chi connectivity index (χ0v) is 16.2. The van der Waals surface area contributed by atoms with Gasteiger partial charge in [-0.15, -0.1) is 0 Å². The Labute approximate surface area is 168 Å². The normalized spacial score (nSPS) is 15.9. The van der Waals surface area contributed by atoms with E-state index < -0.39 is 11.9 Å². The molecule has 1 aliphatic rings. The summed E-state index contributed by atoms with van der Waals surface area (Å²) in [7, 11) is 0. The summed E-state index contributed by atoms with van der Waals surface area (Å²) in [5, 5.41) is 6.59. The first-order valence-electron chi connectivity index (χ1n) is 9.18. The molecule has 0 radical (unpaired) electrons. The molecule has 1 unspecified atom stereocenters. The molecular formula is C20H22N6O3. The quantitative estimate of drug-likeness (QED) is 0.680. The molecule has 3 N–H and O–H groups in total. The lowest BCUT2D eigenvalue weighted by atomic mass is 10.2. The van der Waals surface area contributed by atoms with Crippen LogP contribution < -0.4 is 21.1 Å². The Morgan fingerprint density at radius 2 is 1.93 bits per heavy atom. The minimum atomic E-state index is -0.701. The van der Waals surface area contributed by atoms with Gasteiger partial charge in [0.15, 0.2) is 0 Å². The molecule has 0 bridgehead atoms. The molecule has 150 valence electrons. The third-order valence-corrected chi connectivity index (χ3v) is 4.16. The number of hydrogen-bond acceptors (Lipinski definition) is 6. The summed E-state index contributed by atoms with van der Waals surface area (Å²) in [4.78, 5) is 45.0. The van der Waals surface area contributed by atoms with Crippen molar-refractivity contribution in [3.8, 4) is 0 Å². The Morgan fingerprint density at radius 3 is 2.62 bits per heavy atom. The summed E-state index contributed by atoms with van der Waals surface area (Å²) in [6, 6.07) is 11.8. The first kappa shape index (κ1) is 20.0. The first-order valence-corrected chi connectivity index (χ1v) is 9.18. The standard InChI is InChI=1S/C20H22N6O3/c1-13-8-9-16(22-12-13)24-17(27)10-11-21-19(28)18-23-14(2)20(29)26(25-18)15-6-4-3-5-7-15/h3-9,12,14H,10-11H2,1-2H3,(H,21,28)(H,23,25)(H,22,24,27). The van der Waals surface area contributed by atoms with Gasteiger partial charge in [0.2, 0.25) is 11.7 Å². The Bertz CT molecular complexity index is 927. The molecule has 2 aromatic rings. The van der Waals surface area contributed by atoms with Gasteiger partial charge in [-0.2, -0.15) is 0 Å². The van der Waals surface area contributed by atoms with Gasteiger partial charge in [-0.05, 0) is 37.6 Å². The Balaban J connectivity index is 1.53. The monoisotopic (exact) mass is 394 g/mol. The summed E-state index contributed by atoms with van der Waals surface area (Å²) in [6.45, 7) is 3.64. The molecule has 9 heteroatoms. The fraction of sp³-hybridized carbons (Fsp3) is 0.250. The fourth-order valence-electron chi connectivity index (χ4n) is 2.62. The van der Waals surface area contributed by atoms with Gasteiger partial charge < -0.3 is 10.6 Å². The van der Waals surface area contributed by atoms with Crippen LogP contribution in [-0.2, 0) is 14.4 Å². The molecule has 2 heterocycles. The second kappa shape index (κ2) is 8.96. The van der Waals surface area contributed by atoms with Gasteiger partial charge in [-0.1, -0.05) is 24.3 Å². The smallest absolute Gasteiger partial charge is 0.288 e. The number of aryl methyl sites for hydroxylation is 1. The van der Waals surface area contributed by atoms with E-state index in [1.54, 1.807) is 43.5 Å². The van der Waals surface area contributed by atoms with E-state index in [4.69, 9.17) is 0 Å². The van der Waals surface area contributed by atoms with Crippen LogP contribution in [0.1, 0.15) is 18.9 Å². The minimum absolute atomic E-state index is 0.0153. The summed E-state index contributed by atoms with van der Waals surface area (Å²) < 4.78 is 0. The number of para-hydroxylation sites is 1. The number of hydrogen-bond donors (Lipinski definition) is 3. The summed E-state index contributed by atoms with van der Waals surface area (Å²) >= 11 is 0. The van der Waals surface area contributed by atoms with Crippen molar-refractivity contribution in [2.75, 3.05) is 16.9 Å². The Kier molecular flexibility index (Phi) is 6.18. The highest BCUT2D eigenvalue weighted by atomic mass is 16.2. The number of aliphatic imine (C=N–C) groups is 1. The van der Waals surface area contributed by atoms with Crippen molar-refractivity contribution in [1.82, 2.24) is 15.7 Å². The Hall–Kier alpha value is -3.75.